The average Bonchev–Trinajstić information content (AvgIpc) is 2.30. The molecule has 0 amide bonds. The topological polar surface area (TPSA) is 59.2 Å². The molecule has 102 valence electrons. The molecule has 1 unspecified atom stereocenters. The maximum absolute atomic E-state index is 13.7. The van der Waals surface area contributed by atoms with Gasteiger partial charge in [-0.2, -0.15) is 4.73 Å². The van der Waals surface area contributed by atoms with Crippen LogP contribution in [0.3, 0.4) is 0 Å². The third kappa shape index (κ3) is 2.88. The summed E-state index contributed by atoms with van der Waals surface area (Å²) in [6.07, 6.45) is 0.948. The van der Waals surface area contributed by atoms with Crippen molar-refractivity contribution in [2.45, 2.75) is 24.9 Å². The zero-order valence-electron chi connectivity index (χ0n) is 9.60. The molecule has 0 saturated carbocycles. The van der Waals surface area contributed by atoms with Gasteiger partial charge in [0.2, 0.25) is 5.69 Å². The largest absolute Gasteiger partial charge is 0.618 e. The van der Waals surface area contributed by atoms with Crippen LogP contribution in [0.15, 0.2) is 18.3 Å². The van der Waals surface area contributed by atoms with Gasteiger partial charge < -0.3 is 15.6 Å². The second-order valence-corrected chi connectivity index (χ2v) is 4.20. The molecule has 0 aliphatic carbocycles. The van der Waals surface area contributed by atoms with E-state index in [1.54, 1.807) is 0 Å². The zero-order valence-corrected chi connectivity index (χ0v) is 10.4. The Labute approximate surface area is 110 Å². The summed E-state index contributed by atoms with van der Waals surface area (Å²) in [5.41, 5.74) is 0.474. The molecule has 2 N–H and O–H groups in total. The van der Waals surface area contributed by atoms with Gasteiger partial charge in [0.1, 0.15) is 6.61 Å². The maximum Gasteiger partial charge on any atom is 0.257 e. The second-order valence-electron chi connectivity index (χ2n) is 4.20. The number of alkyl halides is 2. The number of piperidine rings is 1. The normalized spacial score (nSPS) is 22.3. The van der Waals surface area contributed by atoms with Crippen molar-refractivity contribution in [1.29, 1.82) is 0 Å². The molecule has 7 heteroatoms. The summed E-state index contributed by atoms with van der Waals surface area (Å²) in [7, 11) is 0. The van der Waals surface area contributed by atoms with Crippen molar-refractivity contribution in [3.8, 4) is 0 Å². The Kier molecular flexibility index (Phi) is 4.84. The van der Waals surface area contributed by atoms with Crippen molar-refractivity contribution in [3.63, 3.8) is 0 Å². The van der Waals surface area contributed by atoms with Crippen LogP contribution in [0.5, 0.6) is 0 Å². The van der Waals surface area contributed by atoms with E-state index < -0.39 is 18.4 Å². The van der Waals surface area contributed by atoms with E-state index in [4.69, 9.17) is 5.11 Å². The smallest absolute Gasteiger partial charge is 0.257 e. The molecule has 4 nitrogen and oxygen atoms in total. The molecule has 0 bridgehead atoms. The quantitative estimate of drug-likeness (QED) is 0.626. The monoisotopic (exact) mass is 280 g/mol. The first kappa shape index (κ1) is 15.1. The van der Waals surface area contributed by atoms with Crippen LogP contribution in [-0.2, 0) is 6.61 Å². The molecule has 0 aromatic carbocycles. The predicted molar refractivity (Wildman–Crippen MR) is 63.7 cm³/mol. The van der Waals surface area contributed by atoms with Gasteiger partial charge in [-0.25, -0.2) is 8.78 Å². The van der Waals surface area contributed by atoms with Crippen molar-refractivity contribution in [1.82, 2.24) is 5.32 Å². The Hall–Kier alpha value is -0.980. The first-order chi connectivity index (χ1) is 8.04. The Bertz CT molecular complexity index is 418. The molecule has 2 rings (SSSR count). The van der Waals surface area contributed by atoms with Crippen LogP contribution in [0.25, 0.3) is 0 Å². The summed E-state index contributed by atoms with van der Waals surface area (Å²) < 4.78 is 27.9. The fourth-order valence-corrected chi connectivity index (χ4v) is 2.07. The molecule has 18 heavy (non-hydrogen) atoms. The van der Waals surface area contributed by atoms with Crippen molar-refractivity contribution in [3.05, 3.63) is 34.8 Å². The number of hydrogen-bond acceptors (Lipinski definition) is 3. The van der Waals surface area contributed by atoms with Gasteiger partial charge in [0.15, 0.2) is 6.20 Å². The van der Waals surface area contributed by atoms with E-state index in [2.05, 4.69) is 5.32 Å². The summed E-state index contributed by atoms with van der Waals surface area (Å²) in [6, 6.07) is 2.73. The summed E-state index contributed by atoms with van der Waals surface area (Å²) in [5.74, 6) is -3.71. The Morgan fingerprint density at radius 1 is 1.56 bits per heavy atom. The van der Waals surface area contributed by atoms with Crippen LogP contribution in [0.1, 0.15) is 23.6 Å². The first-order valence-corrected chi connectivity index (χ1v) is 5.46. The van der Waals surface area contributed by atoms with Gasteiger partial charge in [-0.15, -0.1) is 12.4 Å². The molecule has 2 heterocycles. The van der Waals surface area contributed by atoms with Gasteiger partial charge in [-0.3, -0.25) is 0 Å². The SMILES string of the molecule is Cl.[O-][n+]1ccc(C2CNCCC2(F)F)cc1CO. The standard InChI is InChI=1S/C11H14F2N2O2.ClH/c12-11(13)2-3-14-6-10(11)8-1-4-15(17)9(5-8)7-16;/h1,4-5,10,14,16H,2-3,6-7H2;1H. The summed E-state index contributed by atoms with van der Waals surface area (Å²) in [6.45, 7) is 0.0224. The molecule has 1 saturated heterocycles. The molecule has 1 aliphatic rings. The molecule has 1 aromatic rings. The van der Waals surface area contributed by atoms with E-state index in [-0.39, 0.29) is 31.1 Å². The molecule has 1 atom stereocenters. The van der Waals surface area contributed by atoms with Crippen LogP contribution >= 0.6 is 12.4 Å². The fraction of sp³-hybridized carbons (Fsp3) is 0.545. The minimum atomic E-state index is -2.77. The average molecular weight is 281 g/mol. The van der Waals surface area contributed by atoms with Crippen LogP contribution in [-0.4, -0.2) is 24.1 Å². The number of aromatic nitrogens is 1. The van der Waals surface area contributed by atoms with Crippen LogP contribution in [0.2, 0.25) is 0 Å². The lowest BCUT2D eigenvalue weighted by molar-refractivity contribution is -0.616. The second kappa shape index (κ2) is 5.77. The Balaban J connectivity index is 0.00000162. The van der Waals surface area contributed by atoms with E-state index in [0.29, 0.717) is 16.8 Å². The van der Waals surface area contributed by atoms with Crippen molar-refractivity contribution in [2.75, 3.05) is 13.1 Å². The number of hydrogen-bond donors (Lipinski definition) is 2. The number of pyridine rings is 1. The van der Waals surface area contributed by atoms with Gasteiger partial charge in [0.25, 0.3) is 5.92 Å². The highest BCUT2D eigenvalue weighted by Gasteiger charge is 2.42. The van der Waals surface area contributed by atoms with E-state index in [9.17, 15) is 14.0 Å². The van der Waals surface area contributed by atoms with Gasteiger partial charge >= 0.3 is 0 Å². The highest BCUT2D eigenvalue weighted by atomic mass is 35.5. The molecular formula is C11H15ClF2N2O2. The third-order valence-electron chi connectivity index (χ3n) is 3.08. The summed E-state index contributed by atoms with van der Waals surface area (Å²) in [4.78, 5) is 0. The number of nitrogens with zero attached hydrogens (tertiary/aromatic N) is 1. The van der Waals surface area contributed by atoms with Gasteiger partial charge in [-0.1, -0.05) is 0 Å². The minimum Gasteiger partial charge on any atom is -0.618 e. The highest BCUT2D eigenvalue weighted by molar-refractivity contribution is 5.85. The lowest BCUT2D eigenvalue weighted by Crippen LogP contribution is -2.43. The molecular weight excluding hydrogens is 266 g/mol. The van der Waals surface area contributed by atoms with Gasteiger partial charge in [0.05, 0.1) is 5.92 Å². The molecule has 0 spiro atoms. The molecule has 1 aromatic heterocycles. The van der Waals surface area contributed by atoms with Crippen LogP contribution in [0.4, 0.5) is 8.78 Å². The minimum absolute atomic E-state index is 0. The maximum atomic E-state index is 13.7. The van der Waals surface area contributed by atoms with E-state index in [1.807, 2.05) is 0 Å². The molecule has 0 radical (unpaired) electrons. The van der Waals surface area contributed by atoms with E-state index in [0.717, 1.165) is 6.20 Å². The van der Waals surface area contributed by atoms with E-state index >= 15 is 0 Å². The zero-order chi connectivity index (χ0) is 12.5. The number of aliphatic hydroxyl groups is 1. The van der Waals surface area contributed by atoms with Crippen LogP contribution < -0.4 is 10.0 Å². The highest BCUT2D eigenvalue weighted by Crippen LogP contribution is 2.37. The lowest BCUT2D eigenvalue weighted by atomic mass is 9.88. The number of halogens is 3. The van der Waals surface area contributed by atoms with Crippen LogP contribution in [0, 0.1) is 5.21 Å². The molecule has 1 aliphatic heterocycles. The number of aliphatic hydroxyl groups excluding tert-OH is 1. The van der Waals surface area contributed by atoms with Gasteiger partial charge in [0, 0.05) is 31.6 Å². The Morgan fingerprint density at radius 3 is 2.89 bits per heavy atom. The third-order valence-corrected chi connectivity index (χ3v) is 3.08. The van der Waals surface area contributed by atoms with Crippen molar-refractivity contribution < 1.29 is 18.6 Å². The van der Waals surface area contributed by atoms with Crippen molar-refractivity contribution in [2.24, 2.45) is 0 Å². The summed E-state index contributed by atoms with van der Waals surface area (Å²) >= 11 is 0. The van der Waals surface area contributed by atoms with E-state index in [1.165, 1.54) is 12.1 Å². The fourth-order valence-electron chi connectivity index (χ4n) is 2.07. The number of nitrogens with one attached hydrogen (secondary N) is 1. The lowest BCUT2D eigenvalue weighted by Gasteiger charge is -2.32. The summed E-state index contributed by atoms with van der Waals surface area (Å²) in [5, 5.41) is 23.1. The predicted octanol–water partition coefficient (Wildman–Crippen LogP) is 0.946. The van der Waals surface area contributed by atoms with Crippen molar-refractivity contribution >= 4 is 12.4 Å². The van der Waals surface area contributed by atoms with Gasteiger partial charge in [-0.05, 0) is 5.56 Å². The molecule has 1 fully saturated rings. The first-order valence-electron chi connectivity index (χ1n) is 5.46. The Morgan fingerprint density at radius 2 is 2.28 bits per heavy atom. The number of rotatable bonds is 2.